The molecule has 24 heavy (non-hydrogen) atoms. The number of nitrogens with one attached hydrogen (secondary N) is 1. The molecule has 0 bridgehead atoms. The number of halogens is 3. The van der Waals surface area contributed by atoms with Gasteiger partial charge in [-0.1, -0.05) is 12.1 Å². The van der Waals surface area contributed by atoms with Crippen LogP contribution in [0.25, 0.3) is 11.1 Å². The second-order valence-electron chi connectivity index (χ2n) is 5.40. The molecule has 0 aliphatic rings. The molecule has 0 radical (unpaired) electrons. The van der Waals surface area contributed by atoms with E-state index in [4.69, 9.17) is 4.42 Å². The van der Waals surface area contributed by atoms with E-state index in [1.165, 1.54) is 12.1 Å². The SMILES string of the molecule is Cc1nc2cc(N[C@H](C)c3ccc(OC(F)(F)F)cc3)ccc2o1. The summed E-state index contributed by atoms with van der Waals surface area (Å²) in [6.45, 7) is 3.69. The van der Waals surface area contributed by atoms with Gasteiger partial charge in [-0.05, 0) is 42.8 Å². The van der Waals surface area contributed by atoms with E-state index in [1.807, 2.05) is 25.1 Å². The summed E-state index contributed by atoms with van der Waals surface area (Å²) in [5, 5.41) is 3.28. The van der Waals surface area contributed by atoms with E-state index in [-0.39, 0.29) is 11.8 Å². The molecule has 0 unspecified atom stereocenters. The van der Waals surface area contributed by atoms with Gasteiger partial charge in [-0.25, -0.2) is 4.98 Å². The van der Waals surface area contributed by atoms with E-state index in [0.29, 0.717) is 11.5 Å². The molecular formula is C17H15F3N2O2. The van der Waals surface area contributed by atoms with E-state index in [2.05, 4.69) is 15.0 Å². The molecule has 1 aromatic heterocycles. The van der Waals surface area contributed by atoms with E-state index < -0.39 is 6.36 Å². The molecule has 3 aromatic rings. The maximum absolute atomic E-state index is 12.2. The van der Waals surface area contributed by atoms with Crippen LogP contribution in [0.1, 0.15) is 24.4 Å². The molecular weight excluding hydrogens is 321 g/mol. The summed E-state index contributed by atoms with van der Waals surface area (Å²) >= 11 is 0. The molecule has 0 fully saturated rings. The van der Waals surface area contributed by atoms with Crippen LogP contribution in [0.3, 0.4) is 0 Å². The van der Waals surface area contributed by atoms with Crippen molar-refractivity contribution in [1.82, 2.24) is 4.98 Å². The molecule has 0 spiro atoms. The van der Waals surface area contributed by atoms with Crippen LogP contribution in [-0.2, 0) is 0 Å². The highest BCUT2D eigenvalue weighted by atomic mass is 19.4. The third-order valence-electron chi connectivity index (χ3n) is 3.49. The van der Waals surface area contributed by atoms with Gasteiger partial charge in [0, 0.05) is 18.7 Å². The number of fused-ring (bicyclic) bond motifs is 1. The molecule has 0 aliphatic heterocycles. The fourth-order valence-corrected chi connectivity index (χ4v) is 2.42. The van der Waals surface area contributed by atoms with Gasteiger partial charge < -0.3 is 14.5 Å². The summed E-state index contributed by atoms with van der Waals surface area (Å²) in [5.74, 6) is 0.355. The molecule has 7 heteroatoms. The Kier molecular flexibility index (Phi) is 4.09. The van der Waals surface area contributed by atoms with Crippen LogP contribution in [0.2, 0.25) is 0 Å². The van der Waals surface area contributed by atoms with Crippen LogP contribution >= 0.6 is 0 Å². The van der Waals surface area contributed by atoms with Gasteiger partial charge >= 0.3 is 6.36 Å². The van der Waals surface area contributed by atoms with Crippen LogP contribution in [0.15, 0.2) is 46.9 Å². The fourth-order valence-electron chi connectivity index (χ4n) is 2.42. The zero-order valence-electron chi connectivity index (χ0n) is 13.0. The van der Waals surface area contributed by atoms with Crippen molar-refractivity contribution >= 4 is 16.8 Å². The zero-order chi connectivity index (χ0) is 17.3. The number of benzene rings is 2. The Bertz CT molecular complexity index is 841. The summed E-state index contributed by atoms with van der Waals surface area (Å²) in [6, 6.07) is 11.2. The monoisotopic (exact) mass is 336 g/mol. The Hall–Kier alpha value is -2.70. The number of ether oxygens (including phenoxy) is 1. The summed E-state index contributed by atoms with van der Waals surface area (Å²) in [6.07, 6.45) is -4.68. The van der Waals surface area contributed by atoms with Crippen molar-refractivity contribution in [3.05, 3.63) is 53.9 Å². The first-order chi connectivity index (χ1) is 11.3. The quantitative estimate of drug-likeness (QED) is 0.711. The second-order valence-corrected chi connectivity index (χ2v) is 5.40. The smallest absolute Gasteiger partial charge is 0.441 e. The fraction of sp³-hybridized carbons (Fsp3) is 0.235. The Morgan fingerprint density at radius 2 is 1.83 bits per heavy atom. The topological polar surface area (TPSA) is 47.3 Å². The predicted molar refractivity (Wildman–Crippen MR) is 83.9 cm³/mol. The first kappa shape index (κ1) is 16.2. The highest BCUT2D eigenvalue weighted by Gasteiger charge is 2.31. The number of aromatic nitrogens is 1. The Morgan fingerprint density at radius 1 is 1.12 bits per heavy atom. The number of hydrogen-bond acceptors (Lipinski definition) is 4. The Balaban J connectivity index is 1.72. The van der Waals surface area contributed by atoms with Crippen molar-refractivity contribution in [1.29, 1.82) is 0 Å². The van der Waals surface area contributed by atoms with Gasteiger partial charge in [0.1, 0.15) is 11.3 Å². The van der Waals surface area contributed by atoms with Crippen LogP contribution in [0, 0.1) is 6.92 Å². The van der Waals surface area contributed by atoms with Crippen molar-refractivity contribution in [3.8, 4) is 5.75 Å². The molecule has 1 atom stereocenters. The van der Waals surface area contributed by atoms with Crippen molar-refractivity contribution < 1.29 is 22.3 Å². The molecule has 126 valence electrons. The van der Waals surface area contributed by atoms with Gasteiger partial charge in [-0.15, -0.1) is 13.2 Å². The first-order valence-corrected chi connectivity index (χ1v) is 7.29. The average molecular weight is 336 g/mol. The van der Waals surface area contributed by atoms with Gasteiger partial charge in [0.2, 0.25) is 0 Å². The second kappa shape index (κ2) is 6.07. The lowest BCUT2D eigenvalue weighted by atomic mass is 10.1. The molecule has 4 nitrogen and oxygen atoms in total. The third-order valence-corrected chi connectivity index (χ3v) is 3.49. The van der Waals surface area contributed by atoms with E-state index >= 15 is 0 Å². The molecule has 3 rings (SSSR count). The standard InChI is InChI=1S/C17H15F3N2O2/c1-10(12-3-6-14(7-4-12)24-17(18,19)20)21-13-5-8-16-15(9-13)22-11(2)23-16/h3-10,21H,1-2H3/t10-/m1/s1. The van der Waals surface area contributed by atoms with E-state index in [1.54, 1.807) is 19.1 Å². The number of nitrogens with zero attached hydrogens (tertiary/aromatic N) is 1. The van der Waals surface area contributed by atoms with Gasteiger partial charge in [0.15, 0.2) is 11.5 Å². The van der Waals surface area contributed by atoms with Gasteiger partial charge in [-0.3, -0.25) is 0 Å². The van der Waals surface area contributed by atoms with E-state index in [0.717, 1.165) is 16.8 Å². The number of alkyl halides is 3. The third kappa shape index (κ3) is 3.79. The number of hydrogen-bond donors (Lipinski definition) is 1. The zero-order valence-corrected chi connectivity index (χ0v) is 13.0. The molecule has 1 heterocycles. The van der Waals surface area contributed by atoms with Crippen molar-refractivity contribution in [2.75, 3.05) is 5.32 Å². The lowest BCUT2D eigenvalue weighted by molar-refractivity contribution is -0.274. The van der Waals surface area contributed by atoms with Crippen LogP contribution in [-0.4, -0.2) is 11.3 Å². The molecule has 0 saturated heterocycles. The van der Waals surface area contributed by atoms with E-state index in [9.17, 15) is 13.2 Å². The highest BCUT2D eigenvalue weighted by Crippen LogP contribution is 2.27. The van der Waals surface area contributed by atoms with Crippen molar-refractivity contribution in [2.24, 2.45) is 0 Å². The molecule has 2 aromatic carbocycles. The predicted octanol–water partition coefficient (Wildman–Crippen LogP) is 5.21. The summed E-state index contributed by atoms with van der Waals surface area (Å²) in [7, 11) is 0. The number of aryl methyl sites for hydroxylation is 1. The van der Waals surface area contributed by atoms with Gasteiger partial charge in [0.05, 0.1) is 0 Å². The lowest BCUT2D eigenvalue weighted by Gasteiger charge is -2.16. The summed E-state index contributed by atoms with van der Waals surface area (Å²) in [4.78, 5) is 4.27. The average Bonchev–Trinajstić information content (AvgIpc) is 2.85. The number of anilines is 1. The van der Waals surface area contributed by atoms with Crippen molar-refractivity contribution in [3.63, 3.8) is 0 Å². The highest BCUT2D eigenvalue weighted by molar-refractivity contribution is 5.77. The Labute approximate surface area is 136 Å². The maximum atomic E-state index is 12.2. The molecule has 0 aliphatic carbocycles. The summed E-state index contributed by atoms with van der Waals surface area (Å²) < 4.78 is 45.8. The molecule has 0 saturated carbocycles. The minimum absolute atomic E-state index is 0.101. The summed E-state index contributed by atoms with van der Waals surface area (Å²) in [5.41, 5.74) is 3.14. The van der Waals surface area contributed by atoms with Gasteiger partial charge in [-0.2, -0.15) is 0 Å². The van der Waals surface area contributed by atoms with Gasteiger partial charge in [0.25, 0.3) is 0 Å². The largest absolute Gasteiger partial charge is 0.573 e. The van der Waals surface area contributed by atoms with Crippen molar-refractivity contribution in [2.45, 2.75) is 26.3 Å². The minimum atomic E-state index is -4.68. The molecule has 0 amide bonds. The normalized spacial score (nSPS) is 13.0. The number of rotatable bonds is 4. The number of oxazole rings is 1. The maximum Gasteiger partial charge on any atom is 0.573 e. The lowest BCUT2D eigenvalue weighted by Crippen LogP contribution is -2.17. The minimum Gasteiger partial charge on any atom is -0.441 e. The van der Waals surface area contributed by atoms with Crippen LogP contribution < -0.4 is 10.1 Å². The Morgan fingerprint density at radius 3 is 2.50 bits per heavy atom. The first-order valence-electron chi connectivity index (χ1n) is 7.29. The van der Waals surface area contributed by atoms with Crippen LogP contribution in [0.5, 0.6) is 5.75 Å². The molecule has 1 N–H and O–H groups in total. The van der Waals surface area contributed by atoms with Crippen LogP contribution in [0.4, 0.5) is 18.9 Å².